The van der Waals surface area contributed by atoms with E-state index < -0.39 is 0 Å². The highest BCUT2D eigenvalue weighted by Gasteiger charge is 2.05. The van der Waals surface area contributed by atoms with Gasteiger partial charge in [-0.2, -0.15) is 5.10 Å². The van der Waals surface area contributed by atoms with E-state index in [-0.39, 0.29) is 12.5 Å². The van der Waals surface area contributed by atoms with Gasteiger partial charge >= 0.3 is 0 Å². The molecule has 6 heteroatoms. The molecule has 0 heterocycles. The maximum Gasteiger partial charge on any atom is 0.277 e. The minimum absolute atomic E-state index is 0.140. The zero-order valence-corrected chi connectivity index (χ0v) is 15.3. The lowest BCUT2D eigenvalue weighted by molar-refractivity contribution is -0.123. The van der Waals surface area contributed by atoms with Gasteiger partial charge in [-0.25, -0.2) is 5.43 Å². The highest BCUT2D eigenvalue weighted by Crippen LogP contribution is 2.27. The van der Waals surface area contributed by atoms with Crippen LogP contribution in [-0.4, -0.2) is 18.7 Å². The van der Waals surface area contributed by atoms with Crippen molar-refractivity contribution in [1.82, 2.24) is 5.43 Å². The van der Waals surface area contributed by atoms with Crippen LogP contribution in [0.3, 0.4) is 0 Å². The van der Waals surface area contributed by atoms with Crippen LogP contribution >= 0.6 is 27.5 Å². The number of ether oxygens (including phenoxy) is 1. The third-order valence-corrected chi connectivity index (χ3v) is 3.76. The predicted molar refractivity (Wildman–Crippen MR) is 101 cm³/mol. The van der Waals surface area contributed by atoms with Crippen LogP contribution in [0.5, 0.6) is 5.75 Å². The second-order valence-electron chi connectivity index (χ2n) is 4.96. The zero-order valence-electron chi connectivity index (χ0n) is 13.0. The van der Waals surface area contributed by atoms with Crippen molar-refractivity contribution in [1.29, 1.82) is 0 Å². The topological polar surface area (TPSA) is 50.7 Å². The normalized spacial score (nSPS) is 11.5. The summed E-state index contributed by atoms with van der Waals surface area (Å²) in [5.74, 6) is 0.194. The Hall–Kier alpha value is -2.11. The Morgan fingerprint density at radius 2 is 2.04 bits per heavy atom. The molecule has 24 heavy (non-hydrogen) atoms. The summed E-state index contributed by atoms with van der Waals surface area (Å²) in [5.41, 5.74) is 4.42. The number of nitrogens with zero attached hydrogens (tertiary/aromatic N) is 1. The van der Waals surface area contributed by atoms with E-state index in [0.29, 0.717) is 15.2 Å². The summed E-state index contributed by atoms with van der Waals surface area (Å²) in [4.78, 5) is 11.7. The standard InChI is InChI=1S/C18H16BrClN2O2/c1-13(9-14-5-3-2-4-6-14)11-21-22-18(23)12-24-17-8-7-15(20)10-16(17)19/h2-11H,12H2,1H3,(H,22,23)/b13-9+,21-11-. The Kier molecular flexibility index (Phi) is 7.03. The van der Waals surface area contributed by atoms with Gasteiger partial charge in [-0.1, -0.05) is 48.0 Å². The first-order chi connectivity index (χ1) is 11.5. The molecule has 0 bridgehead atoms. The summed E-state index contributed by atoms with van der Waals surface area (Å²) in [6.45, 7) is 1.77. The van der Waals surface area contributed by atoms with Crippen molar-refractivity contribution in [2.75, 3.05) is 6.61 Å². The first kappa shape index (κ1) is 18.2. The van der Waals surface area contributed by atoms with Gasteiger partial charge < -0.3 is 4.74 Å². The second kappa shape index (κ2) is 9.25. The third-order valence-electron chi connectivity index (χ3n) is 2.90. The lowest BCUT2D eigenvalue weighted by Crippen LogP contribution is -2.24. The molecule has 1 amide bonds. The molecule has 2 aromatic carbocycles. The fourth-order valence-electron chi connectivity index (χ4n) is 1.82. The molecule has 1 N–H and O–H groups in total. The van der Waals surface area contributed by atoms with Gasteiger partial charge in [0, 0.05) is 5.02 Å². The Balaban J connectivity index is 1.81. The van der Waals surface area contributed by atoms with Gasteiger partial charge in [-0.3, -0.25) is 4.79 Å². The van der Waals surface area contributed by atoms with Crippen LogP contribution in [0.25, 0.3) is 6.08 Å². The molecule has 0 radical (unpaired) electrons. The zero-order chi connectivity index (χ0) is 17.4. The number of rotatable bonds is 6. The molecule has 2 rings (SSSR count). The first-order valence-electron chi connectivity index (χ1n) is 7.17. The average Bonchev–Trinajstić information content (AvgIpc) is 2.55. The van der Waals surface area contributed by atoms with Gasteiger partial charge in [0.25, 0.3) is 5.91 Å². The van der Waals surface area contributed by atoms with Gasteiger partial charge in [0.2, 0.25) is 0 Å². The van der Waals surface area contributed by atoms with Crippen LogP contribution < -0.4 is 10.2 Å². The summed E-state index contributed by atoms with van der Waals surface area (Å²) in [6.07, 6.45) is 3.56. The number of halogens is 2. The van der Waals surface area contributed by atoms with Crippen molar-refractivity contribution in [2.24, 2.45) is 5.10 Å². The Morgan fingerprint density at radius 1 is 1.29 bits per heavy atom. The van der Waals surface area contributed by atoms with Crippen molar-refractivity contribution >= 4 is 45.7 Å². The molecule has 0 fully saturated rings. The minimum Gasteiger partial charge on any atom is -0.483 e. The monoisotopic (exact) mass is 406 g/mol. The van der Waals surface area contributed by atoms with Crippen molar-refractivity contribution < 1.29 is 9.53 Å². The molecule has 124 valence electrons. The maximum atomic E-state index is 11.7. The summed E-state index contributed by atoms with van der Waals surface area (Å²) in [7, 11) is 0. The van der Waals surface area contributed by atoms with Crippen molar-refractivity contribution in [3.05, 3.63) is 69.2 Å². The van der Waals surface area contributed by atoms with Gasteiger partial charge in [0.05, 0.1) is 10.7 Å². The van der Waals surface area contributed by atoms with E-state index in [1.807, 2.05) is 43.3 Å². The number of amides is 1. The number of hydrogen-bond donors (Lipinski definition) is 1. The summed E-state index contributed by atoms with van der Waals surface area (Å²) in [6, 6.07) is 15.0. The number of carbonyl (C=O) groups is 1. The highest BCUT2D eigenvalue weighted by atomic mass is 79.9. The second-order valence-corrected chi connectivity index (χ2v) is 6.25. The molecule has 0 aliphatic carbocycles. The molecule has 0 atom stereocenters. The highest BCUT2D eigenvalue weighted by molar-refractivity contribution is 9.10. The average molecular weight is 408 g/mol. The van der Waals surface area contributed by atoms with Gasteiger partial charge in [-0.05, 0) is 52.2 Å². The largest absolute Gasteiger partial charge is 0.483 e. The smallest absolute Gasteiger partial charge is 0.277 e. The summed E-state index contributed by atoms with van der Waals surface area (Å²) in [5, 5.41) is 4.50. The molecule has 0 spiro atoms. The summed E-state index contributed by atoms with van der Waals surface area (Å²) >= 11 is 9.17. The fourth-order valence-corrected chi connectivity index (χ4v) is 2.62. The molecule has 0 unspecified atom stereocenters. The number of benzene rings is 2. The van der Waals surface area contributed by atoms with E-state index in [9.17, 15) is 4.79 Å². The first-order valence-corrected chi connectivity index (χ1v) is 8.35. The molecular formula is C18H16BrClN2O2. The van der Waals surface area contributed by atoms with E-state index in [1.54, 1.807) is 24.4 Å². The SMILES string of the molecule is CC(/C=N\NC(=O)COc1ccc(Cl)cc1Br)=C\c1ccccc1. The number of hydrogen-bond acceptors (Lipinski definition) is 3. The molecule has 2 aromatic rings. The molecule has 0 aliphatic rings. The molecule has 0 saturated carbocycles. The van der Waals surface area contributed by atoms with Gasteiger partial charge in [0.1, 0.15) is 5.75 Å². The lowest BCUT2D eigenvalue weighted by atomic mass is 10.1. The van der Waals surface area contributed by atoms with E-state index in [2.05, 4.69) is 26.5 Å². The Labute approximate surface area is 154 Å². The molecule has 0 aromatic heterocycles. The number of carbonyl (C=O) groups excluding carboxylic acids is 1. The molecular weight excluding hydrogens is 392 g/mol. The predicted octanol–water partition coefficient (Wildman–Crippen LogP) is 4.69. The number of allylic oxidation sites excluding steroid dienone is 1. The molecule has 0 saturated heterocycles. The maximum absolute atomic E-state index is 11.7. The Morgan fingerprint density at radius 3 is 2.75 bits per heavy atom. The van der Waals surface area contributed by atoms with Gasteiger partial charge in [0.15, 0.2) is 6.61 Å². The third kappa shape index (κ3) is 6.18. The van der Waals surface area contributed by atoms with Crippen molar-refractivity contribution in [3.8, 4) is 5.75 Å². The number of nitrogens with one attached hydrogen (secondary N) is 1. The fraction of sp³-hybridized carbons (Fsp3) is 0.111. The van der Waals surface area contributed by atoms with Crippen molar-refractivity contribution in [2.45, 2.75) is 6.92 Å². The van der Waals surface area contributed by atoms with Crippen LogP contribution in [0.1, 0.15) is 12.5 Å². The van der Waals surface area contributed by atoms with Crippen molar-refractivity contribution in [3.63, 3.8) is 0 Å². The van der Waals surface area contributed by atoms with Crippen LogP contribution in [0.4, 0.5) is 0 Å². The van der Waals surface area contributed by atoms with E-state index in [1.165, 1.54) is 0 Å². The quantitative estimate of drug-likeness (QED) is 0.558. The van der Waals surface area contributed by atoms with Crippen LogP contribution in [0, 0.1) is 0 Å². The molecule has 0 aliphatic heterocycles. The van der Waals surface area contributed by atoms with Crippen LogP contribution in [0.2, 0.25) is 5.02 Å². The van der Waals surface area contributed by atoms with Crippen LogP contribution in [0.15, 0.2) is 63.7 Å². The van der Waals surface area contributed by atoms with E-state index >= 15 is 0 Å². The molecule has 4 nitrogen and oxygen atoms in total. The Bertz CT molecular complexity index is 761. The van der Waals surface area contributed by atoms with E-state index in [4.69, 9.17) is 16.3 Å². The lowest BCUT2D eigenvalue weighted by Gasteiger charge is -2.07. The summed E-state index contributed by atoms with van der Waals surface area (Å²) < 4.78 is 6.09. The van der Waals surface area contributed by atoms with E-state index in [0.717, 1.165) is 11.1 Å². The van der Waals surface area contributed by atoms with Gasteiger partial charge in [-0.15, -0.1) is 0 Å². The van der Waals surface area contributed by atoms with Crippen LogP contribution in [-0.2, 0) is 4.79 Å². The number of hydrazone groups is 1. The minimum atomic E-state index is -0.347.